The second-order valence-corrected chi connectivity index (χ2v) is 5.20. The Morgan fingerprint density at radius 3 is 2.32 bits per heavy atom. The molecule has 0 aliphatic rings. The molecule has 0 amide bonds. The van der Waals surface area contributed by atoms with Crippen molar-refractivity contribution < 1.29 is 0 Å². The molecule has 2 aromatic carbocycles. The summed E-state index contributed by atoms with van der Waals surface area (Å²) in [5.74, 6) is 0. The van der Waals surface area contributed by atoms with Crippen LogP contribution in [0.4, 0.5) is 0 Å². The number of benzene rings is 2. The van der Waals surface area contributed by atoms with Crippen LogP contribution in [0.2, 0.25) is 0 Å². The summed E-state index contributed by atoms with van der Waals surface area (Å²) in [5.41, 5.74) is 6.25. The summed E-state index contributed by atoms with van der Waals surface area (Å²) in [7, 11) is 0. The molecule has 1 heteroatoms. The first kappa shape index (κ1) is 11.9. The lowest BCUT2D eigenvalue weighted by molar-refractivity contribution is 1.16. The molecule has 3 aromatic rings. The number of aromatic nitrogens is 1. The molecule has 1 heterocycles. The van der Waals surface area contributed by atoms with Gasteiger partial charge in [0.15, 0.2) is 0 Å². The highest BCUT2D eigenvalue weighted by Crippen LogP contribution is 2.17. The van der Waals surface area contributed by atoms with Crippen LogP contribution in [0.1, 0.15) is 22.3 Å². The van der Waals surface area contributed by atoms with E-state index in [9.17, 15) is 0 Å². The first-order valence-electron chi connectivity index (χ1n) is 6.61. The summed E-state index contributed by atoms with van der Waals surface area (Å²) in [6, 6.07) is 17.3. The molecule has 94 valence electrons. The van der Waals surface area contributed by atoms with E-state index in [1.165, 1.54) is 27.6 Å². The van der Waals surface area contributed by atoms with Gasteiger partial charge in [-0.15, -0.1) is 0 Å². The SMILES string of the molecule is Cc1ccc(Cc2cnc3ccc(C)cc3c2)cc1. The second-order valence-electron chi connectivity index (χ2n) is 5.20. The minimum Gasteiger partial charge on any atom is -0.256 e. The van der Waals surface area contributed by atoms with Crippen molar-refractivity contribution in [2.24, 2.45) is 0 Å². The molecule has 3 rings (SSSR count). The molecule has 0 aliphatic carbocycles. The Balaban J connectivity index is 1.94. The largest absolute Gasteiger partial charge is 0.256 e. The van der Waals surface area contributed by atoms with Gasteiger partial charge in [0.1, 0.15) is 0 Å². The topological polar surface area (TPSA) is 12.9 Å². The molecule has 0 unspecified atom stereocenters. The molecule has 0 saturated carbocycles. The van der Waals surface area contributed by atoms with Crippen LogP contribution in [0, 0.1) is 13.8 Å². The number of rotatable bonds is 2. The Bertz CT molecular complexity index is 711. The van der Waals surface area contributed by atoms with Crippen LogP contribution >= 0.6 is 0 Å². The lowest BCUT2D eigenvalue weighted by Crippen LogP contribution is -1.90. The fourth-order valence-corrected chi connectivity index (χ4v) is 2.33. The predicted octanol–water partition coefficient (Wildman–Crippen LogP) is 4.44. The monoisotopic (exact) mass is 247 g/mol. The van der Waals surface area contributed by atoms with Crippen LogP contribution in [0.25, 0.3) is 10.9 Å². The molecule has 1 aromatic heterocycles. The number of hydrogen-bond acceptors (Lipinski definition) is 1. The average Bonchev–Trinajstić information content (AvgIpc) is 2.41. The highest BCUT2D eigenvalue weighted by molar-refractivity contribution is 5.79. The van der Waals surface area contributed by atoms with Gasteiger partial charge in [0.25, 0.3) is 0 Å². The lowest BCUT2D eigenvalue weighted by Gasteiger charge is -2.05. The van der Waals surface area contributed by atoms with E-state index in [1.54, 1.807) is 0 Å². The lowest BCUT2D eigenvalue weighted by atomic mass is 10.0. The van der Waals surface area contributed by atoms with Gasteiger partial charge in [0.05, 0.1) is 5.52 Å². The number of nitrogens with zero attached hydrogens (tertiary/aromatic N) is 1. The summed E-state index contributed by atoms with van der Waals surface area (Å²) in [6.07, 6.45) is 2.93. The molecular weight excluding hydrogens is 230 g/mol. The van der Waals surface area contributed by atoms with Crippen molar-refractivity contribution in [1.82, 2.24) is 4.98 Å². The third-order valence-corrected chi connectivity index (χ3v) is 3.42. The number of pyridine rings is 1. The Morgan fingerprint density at radius 1 is 0.789 bits per heavy atom. The van der Waals surface area contributed by atoms with Crippen molar-refractivity contribution in [2.75, 3.05) is 0 Å². The molecule has 0 spiro atoms. The molecule has 19 heavy (non-hydrogen) atoms. The van der Waals surface area contributed by atoms with Crippen molar-refractivity contribution in [3.05, 3.63) is 77.0 Å². The van der Waals surface area contributed by atoms with Gasteiger partial charge in [0, 0.05) is 11.6 Å². The van der Waals surface area contributed by atoms with Gasteiger partial charge in [0.2, 0.25) is 0 Å². The van der Waals surface area contributed by atoms with Crippen LogP contribution in [0.5, 0.6) is 0 Å². The van der Waals surface area contributed by atoms with E-state index in [1.807, 2.05) is 6.20 Å². The van der Waals surface area contributed by atoms with Gasteiger partial charge >= 0.3 is 0 Å². The number of aryl methyl sites for hydroxylation is 2. The van der Waals surface area contributed by atoms with Crippen LogP contribution in [-0.2, 0) is 6.42 Å². The predicted molar refractivity (Wildman–Crippen MR) is 80.5 cm³/mol. The fourth-order valence-electron chi connectivity index (χ4n) is 2.33. The van der Waals surface area contributed by atoms with Crippen LogP contribution in [0.3, 0.4) is 0 Å². The van der Waals surface area contributed by atoms with Gasteiger partial charge in [-0.25, -0.2) is 0 Å². The second kappa shape index (κ2) is 4.85. The van der Waals surface area contributed by atoms with Crippen molar-refractivity contribution in [1.29, 1.82) is 0 Å². The molecule has 1 nitrogen and oxygen atoms in total. The summed E-state index contributed by atoms with van der Waals surface area (Å²) >= 11 is 0. The summed E-state index contributed by atoms with van der Waals surface area (Å²) in [4.78, 5) is 4.54. The molecule has 0 saturated heterocycles. The van der Waals surface area contributed by atoms with Crippen molar-refractivity contribution >= 4 is 10.9 Å². The molecule has 0 atom stereocenters. The van der Waals surface area contributed by atoms with E-state index in [4.69, 9.17) is 0 Å². The minimum absolute atomic E-state index is 0.942. The minimum atomic E-state index is 0.942. The Hall–Kier alpha value is -2.15. The highest BCUT2D eigenvalue weighted by Gasteiger charge is 2.00. The van der Waals surface area contributed by atoms with Gasteiger partial charge < -0.3 is 0 Å². The number of hydrogen-bond donors (Lipinski definition) is 0. The van der Waals surface area contributed by atoms with Crippen LogP contribution < -0.4 is 0 Å². The maximum atomic E-state index is 4.54. The highest BCUT2D eigenvalue weighted by atomic mass is 14.6. The molecule has 0 N–H and O–H groups in total. The van der Waals surface area contributed by atoms with Gasteiger partial charge in [-0.05, 0) is 49.6 Å². The van der Waals surface area contributed by atoms with E-state index in [0.29, 0.717) is 0 Å². The van der Waals surface area contributed by atoms with E-state index in [0.717, 1.165) is 11.9 Å². The molecule has 0 radical (unpaired) electrons. The maximum Gasteiger partial charge on any atom is 0.0702 e. The summed E-state index contributed by atoms with van der Waals surface area (Å²) in [5, 5.41) is 1.23. The molecule has 0 aliphatic heterocycles. The van der Waals surface area contributed by atoms with Gasteiger partial charge in [-0.1, -0.05) is 41.5 Å². The normalized spacial score (nSPS) is 10.8. The quantitative estimate of drug-likeness (QED) is 0.652. The van der Waals surface area contributed by atoms with E-state index >= 15 is 0 Å². The smallest absolute Gasteiger partial charge is 0.0702 e. The van der Waals surface area contributed by atoms with Gasteiger partial charge in [-0.2, -0.15) is 0 Å². The standard InChI is InChI=1S/C18H17N/c1-13-3-6-15(7-4-13)10-16-11-17-9-14(2)5-8-18(17)19-12-16/h3-9,11-12H,10H2,1-2H3. The maximum absolute atomic E-state index is 4.54. The Morgan fingerprint density at radius 2 is 1.53 bits per heavy atom. The average molecular weight is 247 g/mol. The zero-order valence-corrected chi connectivity index (χ0v) is 11.4. The van der Waals surface area contributed by atoms with Gasteiger partial charge in [-0.3, -0.25) is 4.98 Å². The summed E-state index contributed by atoms with van der Waals surface area (Å²) < 4.78 is 0. The molecular formula is C18H17N. The van der Waals surface area contributed by atoms with Crippen molar-refractivity contribution in [3.8, 4) is 0 Å². The van der Waals surface area contributed by atoms with Crippen molar-refractivity contribution in [2.45, 2.75) is 20.3 Å². The Kier molecular flexibility index (Phi) is 3.04. The van der Waals surface area contributed by atoms with E-state index < -0.39 is 0 Å². The Labute approximate surface area is 113 Å². The number of fused-ring (bicyclic) bond motifs is 1. The fraction of sp³-hybridized carbons (Fsp3) is 0.167. The van der Waals surface area contributed by atoms with E-state index in [2.05, 4.69) is 67.4 Å². The first-order chi connectivity index (χ1) is 9.20. The molecule has 0 bridgehead atoms. The third-order valence-electron chi connectivity index (χ3n) is 3.42. The van der Waals surface area contributed by atoms with Crippen molar-refractivity contribution in [3.63, 3.8) is 0 Å². The zero-order chi connectivity index (χ0) is 13.2. The third kappa shape index (κ3) is 2.65. The summed E-state index contributed by atoms with van der Waals surface area (Å²) in [6.45, 7) is 4.23. The first-order valence-corrected chi connectivity index (χ1v) is 6.61. The molecule has 0 fully saturated rings. The van der Waals surface area contributed by atoms with Crippen LogP contribution in [0.15, 0.2) is 54.7 Å². The van der Waals surface area contributed by atoms with E-state index in [-0.39, 0.29) is 0 Å². The van der Waals surface area contributed by atoms with Crippen LogP contribution in [-0.4, -0.2) is 4.98 Å². The zero-order valence-electron chi connectivity index (χ0n) is 11.4.